The van der Waals surface area contributed by atoms with E-state index >= 15 is 0 Å². The molecule has 1 N–H and O–H groups in total. The average Bonchev–Trinajstić information content (AvgIpc) is 3.08. The lowest BCUT2D eigenvalue weighted by Crippen LogP contribution is -2.29. The van der Waals surface area contributed by atoms with Crippen LogP contribution in [0.1, 0.15) is 31.0 Å². The van der Waals surface area contributed by atoms with Gasteiger partial charge in [0.1, 0.15) is 11.5 Å². The minimum absolute atomic E-state index is 0.0195. The Morgan fingerprint density at radius 2 is 1.91 bits per heavy atom. The van der Waals surface area contributed by atoms with Gasteiger partial charge >= 0.3 is 0 Å². The van der Waals surface area contributed by atoms with Crippen molar-refractivity contribution < 1.29 is 19.4 Å². The van der Waals surface area contributed by atoms with Crippen LogP contribution in [0.3, 0.4) is 0 Å². The molecule has 1 fully saturated rings. The van der Waals surface area contributed by atoms with E-state index in [1.54, 1.807) is 73.1 Å². The summed E-state index contributed by atoms with van der Waals surface area (Å²) in [5, 5.41) is 11.7. The smallest absolute Gasteiger partial charge is 0.300 e. The van der Waals surface area contributed by atoms with Crippen molar-refractivity contribution >= 4 is 34.7 Å². The molecule has 0 bridgehead atoms. The number of hydrogen-bond acceptors (Lipinski definition) is 5. The van der Waals surface area contributed by atoms with Crippen LogP contribution in [0.2, 0.25) is 5.02 Å². The van der Waals surface area contributed by atoms with Crippen LogP contribution in [0, 0.1) is 5.92 Å². The number of rotatable bonds is 6. The molecule has 1 saturated heterocycles. The number of amides is 1. The van der Waals surface area contributed by atoms with Crippen molar-refractivity contribution in [3.63, 3.8) is 0 Å². The zero-order chi connectivity index (χ0) is 23.5. The number of halogens is 1. The lowest BCUT2D eigenvalue weighted by molar-refractivity contribution is -0.132. The predicted molar refractivity (Wildman–Crippen MR) is 127 cm³/mol. The van der Waals surface area contributed by atoms with Gasteiger partial charge in [0.25, 0.3) is 11.7 Å². The number of aromatic nitrogens is 1. The highest BCUT2D eigenvalue weighted by molar-refractivity contribution is 6.51. The summed E-state index contributed by atoms with van der Waals surface area (Å²) in [6, 6.07) is 16.1. The predicted octanol–water partition coefficient (Wildman–Crippen LogP) is 5.40. The molecule has 2 heterocycles. The first-order valence-electron chi connectivity index (χ1n) is 10.6. The Morgan fingerprint density at radius 1 is 1.12 bits per heavy atom. The SMILES string of the molecule is CC(C)COc1cccc(/C(O)=C2\C(=O)C(=O)N(c3cccc(Cl)c3)C2c2cccnc2)c1. The molecule has 33 heavy (non-hydrogen) atoms. The minimum Gasteiger partial charge on any atom is -0.507 e. The van der Waals surface area contributed by atoms with Gasteiger partial charge in [0, 0.05) is 28.7 Å². The molecule has 168 valence electrons. The summed E-state index contributed by atoms with van der Waals surface area (Å²) < 4.78 is 5.76. The first kappa shape index (κ1) is 22.6. The lowest BCUT2D eigenvalue weighted by Gasteiger charge is -2.25. The van der Waals surface area contributed by atoms with Crippen molar-refractivity contribution in [3.05, 3.63) is 94.8 Å². The van der Waals surface area contributed by atoms with E-state index in [1.165, 1.54) is 4.90 Å². The Kier molecular flexibility index (Phi) is 6.47. The minimum atomic E-state index is -0.864. The number of carbonyl (C=O) groups is 2. The maximum absolute atomic E-state index is 13.2. The second-order valence-corrected chi connectivity index (χ2v) is 8.60. The molecule has 1 atom stereocenters. The van der Waals surface area contributed by atoms with E-state index in [0.717, 1.165) is 0 Å². The number of anilines is 1. The van der Waals surface area contributed by atoms with Gasteiger partial charge < -0.3 is 9.84 Å². The second-order valence-electron chi connectivity index (χ2n) is 8.17. The Bertz CT molecular complexity index is 1220. The largest absolute Gasteiger partial charge is 0.507 e. The monoisotopic (exact) mass is 462 g/mol. The summed E-state index contributed by atoms with van der Waals surface area (Å²) in [5.74, 6) is -0.915. The zero-order valence-corrected chi connectivity index (χ0v) is 19.0. The van der Waals surface area contributed by atoms with E-state index in [9.17, 15) is 14.7 Å². The van der Waals surface area contributed by atoms with Gasteiger partial charge in [-0.05, 0) is 47.9 Å². The summed E-state index contributed by atoms with van der Waals surface area (Å²) >= 11 is 6.15. The molecular formula is C26H23ClN2O4. The molecule has 1 unspecified atom stereocenters. The van der Waals surface area contributed by atoms with Crippen LogP contribution in [0.4, 0.5) is 5.69 Å². The molecule has 6 nitrogen and oxygen atoms in total. The third-order valence-corrected chi connectivity index (χ3v) is 5.46. The molecule has 0 aliphatic carbocycles. The Labute approximate surface area is 197 Å². The Hall–Kier alpha value is -3.64. The van der Waals surface area contributed by atoms with E-state index in [4.69, 9.17) is 16.3 Å². The van der Waals surface area contributed by atoms with E-state index in [0.29, 0.717) is 40.1 Å². The quantitative estimate of drug-likeness (QED) is 0.301. The molecule has 0 saturated carbocycles. The average molecular weight is 463 g/mol. The summed E-state index contributed by atoms with van der Waals surface area (Å²) in [5.41, 5.74) is 1.40. The number of ketones is 1. The van der Waals surface area contributed by atoms with Gasteiger partial charge in [0.15, 0.2) is 0 Å². The third-order valence-electron chi connectivity index (χ3n) is 5.22. The van der Waals surface area contributed by atoms with Crippen LogP contribution < -0.4 is 9.64 Å². The summed E-state index contributed by atoms with van der Waals surface area (Å²) in [7, 11) is 0. The molecular weight excluding hydrogens is 440 g/mol. The van der Waals surface area contributed by atoms with E-state index < -0.39 is 17.7 Å². The normalized spacial score (nSPS) is 17.6. The fraction of sp³-hybridized carbons (Fsp3) is 0.192. The number of aliphatic hydroxyl groups excluding tert-OH is 1. The Morgan fingerprint density at radius 3 is 2.61 bits per heavy atom. The van der Waals surface area contributed by atoms with Crippen molar-refractivity contribution in [1.29, 1.82) is 0 Å². The molecule has 7 heteroatoms. The van der Waals surface area contributed by atoms with Crippen LogP contribution >= 0.6 is 11.6 Å². The van der Waals surface area contributed by atoms with Crippen LogP contribution in [-0.2, 0) is 9.59 Å². The van der Waals surface area contributed by atoms with Crippen molar-refractivity contribution in [2.45, 2.75) is 19.9 Å². The van der Waals surface area contributed by atoms with Gasteiger partial charge in [-0.25, -0.2) is 0 Å². The third kappa shape index (κ3) is 4.61. The molecule has 1 aliphatic rings. The summed E-state index contributed by atoms with van der Waals surface area (Å²) in [6.45, 7) is 4.59. The standard InChI is InChI=1S/C26H23ClN2O4/c1-16(2)15-33-21-10-3-6-17(12-21)24(30)22-23(18-7-5-11-28-14-18)29(26(32)25(22)31)20-9-4-8-19(27)13-20/h3-14,16,23,30H,15H2,1-2H3/b24-22+. The van der Waals surface area contributed by atoms with E-state index in [-0.39, 0.29) is 11.3 Å². The number of pyridine rings is 1. The number of nitrogens with zero attached hydrogens (tertiary/aromatic N) is 2. The van der Waals surface area contributed by atoms with Gasteiger partial charge in [-0.3, -0.25) is 19.5 Å². The summed E-state index contributed by atoms with van der Waals surface area (Å²) in [4.78, 5) is 31.8. The van der Waals surface area contributed by atoms with Gasteiger partial charge in [0.2, 0.25) is 0 Å². The molecule has 1 amide bonds. The first-order chi connectivity index (χ1) is 15.9. The number of Topliss-reactive ketones (excluding diaryl/α,β-unsaturated/α-hetero) is 1. The molecule has 0 radical (unpaired) electrons. The molecule has 2 aromatic carbocycles. The highest BCUT2D eigenvalue weighted by Crippen LogP contribution is 2.42. The molecule has 1 aliphatic heterocycles. The lowest BCUT2D eigenvalue weighted by atomic mass is 9.96. The van der Waals surface area contributed by atoms with Gasteiger partial charge in [-0.2, -0.15) is 0 Å². The second kappa shape index (κ2) is 9.46. The fourth-order valence-corrected chi connectivity index (χ4v) is 3.91. The van der Waals surface area contributed by atoms with Crippen molar-refractivity contribution in [1.82, 2.24) is 4.98 Å². The molecule has 4 rings (SSSR count). The van der Waals surface area contributed by atoms with Crippen molar-refractivity contribution in [2.24, 2.45) is 5.92 Å². The molecule has 3 aromatic rings. The Balaban J connectivity index is 1.85. The number of hydrogen-bond donors (Lipinski definition) is 1. The fourth-order valence-electron chi connectivity index (χ4n) is 3.73. The maximum Gasteiger partial charge on any atom is 0.300 e. The van der Waals surface area contributed by atoms with E-state index in [2.05, 4.69) is 4.98 Å². The number of carbonyl (C=O) groups excluding carboxylic acids is 2. The van der Waals surface area contributed by atoms with Crippen molar-refractivity contribution in [3.8, 4) is 5.75 Å². The van der Waals surface area contributed by atoms with Crippen LogP contribution in [-0.4, -0.2) is 28.4 Å². The maximum atomic E-state index is 13.2. The molecule has 0 spiro atoms. The van der Waals surface area contributed by atoms with Crippen LogP contribution in [0.15, 0.2) is 78.6 Å². The number of aliphatic hydroxyl groups is 1. The van der Waals surface area contributed by atoms with Crippen LogP contribution in [0.5, 0.6) is 5.75 Å². The molecule has 1 aromatic heterocycles. The van der Waals surface area contributed by atoms with Crippen molar-refractivity contribution in [2.75, 3.05) is 11.5 Å². The topological polar surface area (TPSA) is 79.7 Å². The number of benzene rings is 2. The van der Waals surface area contributed by atoms with Crippen LogP contribution in [0.25, 0.3) is 5.76 Å². The van der Waals surface area contributed by atoms with Gasteiger partial charge in [-0.1, -0.05) is 49.7 Å². The highest BCUT2D eigenvalue weighted by Gasteiger charge is 2.47. The van der Waals surface area contributed by atoms with Gasteiger partial charge in [-0.15, -0.1) is 0 Å². The van der Waals surface area contributed by atoms with Gasteiger partial charge in [0.05, 0.1) is 18.2 Å². The number of ether oxygens (including phenoxy) is 1. The van der Waals surface area contributed by atoms with E-state index in [1.807, 2.05) is 13.8 Å². The first-order valence-corrected chi connectivity index (χ1v) is 10.9. The highest BCUT2D eigenvalue weighted by atomic mass is 35.5. The summed E-state index contributed by atoms with van der Waals surface area (Å²) in [6.07, 6.45) is 3.17. The zero-order valence-electron chi connectivity index (χ0n) is 18.2.